The molecule has 90 valence electrons. The number of rotatable bonds is 4. The second-order valence-corrected chi connectivity index (χ2v) is 4.70. The van der Waals surface area contributed by atoms with Gasteiger partial charge in [-0.05, 0) is 34.9 Å². The number of nitrogens with zero attached hydrogens (tertiary/aromatic N) is 3. The van der Waals surface area contributed by atoms with Crippen LogP contribution in [-0.4, -0.2) is 41.5 Å². The van der Waals surface area contributed by atoms with Gasteiger partial charge in [0.15, 0.2) is 0 Å². The molecular formula is C11H19ClN4. The summed E-state index contributed by atoms with van der Waals surface area (Å²) in [5.74, 6) is 1.52. The molecule has 0 amide bonds. The molecule has 1 unspecified atom stereocenters. The molecule has 0 saturated heterocycles. The van der Waals surface area contributed by atoms with Crippen LogP contribution >= 0.6 is 11.6 Å². The first-order valence-corrected chi connectivity index (χ1v) is 5.70. The van der Waals surface area contributed by atoms with Crippen molar-refractivity contribution in [2.75, 3.05) is 26.0 Å². The third-order valence-corrected chi connectivity index (χ3v) is 2.59. The standard InChI is InChI=1S/C11H19ClN4/c1-7(6-16(4)5)13-11-8(2)10(12)14-9(3)15-11/h7H,6H2,1-5H3,(H,13,14,15). The monoisotopic (exact) mass is 242 g/mol. The Morgan fingerprint density at radius 1 is 1.31 bits per heavy atom. The molecule has 0 bridgehead atoms. The van der Waals surface area contributed by atoms with Crippen molar-refractivity contribution in [3.8, 4) is 0 Å². The molecule has 0 aromatic carbocycles. The first-order valence-electron chi connectivity index (χ1n) is 5.32. The van der Waals surface area contributed by atoms with Gasteiger partial charge in [0.2, 0.25) is 0 Å². The van der Waals surface area contributed by atoms with Gasteiger partial charge < -0.3 is 10.2 Å². The van der Waals surface area contributed by atoms with Crippen LogP contribution in [0.25, 0.3) is 0 Å². The quantitative estimate of drug-likeness (QED) is 0.822. The van der Waals surface area contributed by atoms with E-state index in [1.807, 2.05) is 27.9 Å². The van der Waals surface area contributed by atoms with Crippen molar-refractivity contribution < 1.29 is 0 Å². The zero-order chi connectivity index (χ0) is 12.3. The molecule has 0 spiro atoms. The highest BCUT2D eigenvalue weighted by Crippen LogP contribution is 2.20. The molecule has 1 N–H and O–H groups in total. The average Bonchev–Trinajstić information content (AvgIpc) is 2.11. The number of anilines is 1. The minimum atomic E-state index is 0.319. The van der Waals surface area contributed by atoms with Crippen LogP contribution in [0.1, 0.15) is 18.3 Å². The molecule has 1 aromatic heterocycles. The second kappa shape index (κ2) is 5.46. The predicted molar refractivity (Wildman–Crippen MR) is 68.2 cm³/mol. The minimum Gasteiger partial charge on any atom is -0.366 e. The Balaban J connectivity index is 2.80. The summed E-state index contributed by atoms with van der Waals surface area (Å²) in [4.78, 5) is 10.6. The third kappa shape index (κ3) is 3.61. The highest BCUT2D eigenvalue weighted by molar-refractivity contribution is 6.30. The molecule has 0 saturated carbocycles. The molecule has 1 heterocycles. The molecule has 0 radical (unpaired) electrons. The van der Waals surface area contributed by atoms with Crippen LogP contribution in [0, 0.1) is 13.8 Å². The summed E-state index contributed by atoms with van der Waals surface area (Å²) in [6, 6.07) is 0.319. The van der Waals surface area contributed by atoms with Gasteiger partial charge in [0.1, 0.15) is 16.8 Å². The van der Waals surface area contributed by atoms with E-state index in [2.05, 4.69) is 27.1 Å². The van der Waals surface area contributed by atoms with E-state index in [1.165, 1.54) is 0 Å². The molecule has 0 fully saturated rings. The zero-order valence-corrected chi connectivity index (χ0v) is 11.3. The predicted octanol–water partition coefficient (Wildman–Crippen LogP) is 2.11. The molecule has 5 heteroatoms. The maximum Gasteiger partial charge on any atom is 0.137 e. The van der Waals surface area contributed by atoms with E-state index in [0.29, 0.717) is 17.0 Å². The molecule has 0 aliphatic carbocycles. The van der Waals surface area contributed by atoms with Gasteiger partial charge in [-0.1, -0.05) is 11.6 Å². The fourth-order valence-electron chi connectivity index (χ4n) is 1.56. The van der Waals surface area contributed by atoms with Gasteiger partial charge in [0.25, 0.3) is 0 Å². The summed E-state index contributed by atoms with van der Waals surface area (Å²) in [5.41, 5.74) is 0.901. The number of likely N-dealkylation sites (N-methyl/N-ethyl adjacent to an activating group) is 1. The molecular weight excluding hydrogens is 224 g/mol. The lowest BCUT2D eigenvalue weighted by Crippen LogP contribution is -2.30. The average molecular weight is 243 g/mol. The van der Waals surface area contributed by atoms with Crippen molar-refractivity contribution in [3.05, 3.63) is 16.5 Å². The Bertz CT molecular complexity index is 365. The third-order valence-electron chi connectivity index (χ3n) is 2.22. The van der Waals surface area contributed by atoms with Gasteiger partial charge in [-0.3, -0.25) is 0 Å². The number of hydrogen-bond acceptors (Lipinski definition) is 4. The maximum absolute atomic E-state index is 6.01. The summed E-state index contributed by atoms with van der Waals surface area (Å²) in [7, 11) is 4.09. The largest absolute Gasteiger partial charge is 0.366 e. The normalized spacial score (nSPS) is 12.9. The fourth-order valence-corrected chi connectivity index (χ4v) is 1.77. The molecule has 4 nitrogen and oxygen atoms in total. The number of aromatic nitrogens is 2. The lowest BCUT2D eigenvalue weighted by molar-refractivity contribution is 0.392. The molecule has 0 aliphatic heterocycles. The van der Waals surface area contributed by atoms with Crippen LogP contribution in [-0.2, 0) is 0 Å². The van der Waals surface area contributed by atoms with Crippen molar-refractivity contribution in [2.45, 2.75) is 26.8 Å². The van der Waals surface area contributed by atoms with Crippen LogP contribution in [0.4, 0.5) is 5.82 Å². The van der Waals surface area contributed by atoms with Crippen molar-refractivity contribution in [1.82, 2.24) is 14.9 Å². The van der Waals surface area contributed by atoms with Crippen molar-refractivity contribution in [1.29, 1.82) is 0 Å². The molecule has 16 heavy (non-hydrogen) atoms. The second-order valence-electron chi connectivity index (χ2n) is 4.34. The van der Waals surface area contributed by atoms with E-state index in [4.69, 9.17) is 11.6 Å². The van der Waals surface area contributed by atoms with E-state index in [1.54, 1.807) is 0 Å². The van der Waals surface area contributed by atoms with Crippen molar-refractivity contribution in [3.63, 3.8) is 0 Å². The Morgan fingerprint density at radius 3 is 2.50 bits per heavy atom. The van der Waals surface area contributed by atoms with Crippen LogP contribution < -0.4 is 5.32 Å². The lowest BCUT2D eigenvalue weighted by Gasteiger charge is -2.20. The molecule has 1 aromatic rings. The van der Waals surface area contributed by atoms with Gasteiger partial charge in [0.05, 0.1) is 0 Å². The summed E-state index contributed by atoms with van der Waals surface area (Å²) in [5, 5.41) is 3.87. The summed E-state index contributed by atoms with van der Waals surface area (Å²) in [6.45, 7) is 6.82. The van der Waals surface area contributed by atoms with Crippen molar-refractivity contribution in [2.24, 2.45) is 0 Å². The van der Waals surface area contributed by atoms with Gasteiger partial charge in [-0.2, -0.15) is 0 Å². The highest BCUT2D eigenvalue weighted by atomic mass is 35.5. The Labute approximate surface area is 102 Å². The van der Waals surface area contributed by atoms with Gasteiger partial charge in [-0.25, -0.2) is 9.97 Å². The maximum atomic E-state index is 6.01. The summed E-state index contributed by atoms with van der Waals surface area (Å²) >= 11 is 6.01. The summed E-state index contributed by atoms with van der Waals surface area (Å²) < 4.78 is 0. The number of aryl methyl sites for hydroxylation is 1. The Hall–Kier alpha value is -0.870. The van der Waals surface area contributed by atoms with Crippen LogP contribution in [0.3, 0.4) is 0 Å². The van der Waals surface area contributed by atoms with E-state index in [0.717, 1.165) is 17.9 Å². The SMILES string of the molecule is Cc1nc(Cl)c(C)c(NC(C)CN(C)C)n1. The molecule has 0 aliphatic rings. The van der Waals surface area contributed by atoms with E-state index >= 15 is 0 Å². The van der Waals surface area contributed by atoms with Crippen LogP contribution in [0.5, 0.6) is 0 Å². The Morgan fingerprint density at radius 2 is 1.94 bits per heavy atom. The molecule has 1 atom stereocenters. The number of hydrogen-bond donors (Lipinski definition) is 1. The van der Waals surface area contributed by atoms with Gasteiger partial charge in [-0.15, -0.1) is 0 Å². The van der Waals surface area contributed by atoms with Crippen molar-refractivity contribution >= 4 is 17.4 Å². The Kier molecular flexibility index (Phi) is 4.50. The number of halogens is 1. The van der Waals surface area contributed by atoms with Gasteiger partial charge >= 0.3 is 0 Å². The molecule has 1 rings (SSSR count). The topological polar surface area (TPSA) is 41.1 Å². The van der Waals surface area contributed by atoms with E-state index in [9.17, 15) is 0 Å². The van der Waals surface area contributed by atoms with Gasteiger partial charge in [0, 0.05) is 18.2 Å². The van der Waals surface area contributed by atoms with E-state index in [-0.39, 0.29) is 0 Å². The first-order chi connectivity index (χ1) is 7.40. The van der Waals surface area contributed by atoms with Crippen LogP contribution in [0.15, 0.2) is 0 Å². The lowest BCUT2D eigenvalue weighted by atomic mass is 10.3. The fraction of sp³-hybridized carbons (Fsp3) is 0.636. The summed E-state index contributed by atoms with van der Waals surface area (Å²) in [6.07, 6.45) is 0. The highest BCUT2D eigenvalue weighted by Gasteiger charge is 2.10. The van der Waals surface area contributed by atoms with E-state index < -0.39 is 0 Å². The smallest absolute Gasteiger partial charge is 0.137 e. The van der Waals surface area contributed by atoms with Crippen LogP contribution in [0.2, 0.25) is 5.15 Å². The zero-order valence-electron chi connectivity index (χ0n) is 10.5. The first kappa shape index (κ1) is 13.2. The number of nitrogens with one attached hydrogen (secondary N) is 1. The minimum absolute atomic E-state index is 0.319.